The van der Waals surface area contributed by atoms with E-state index < -0.39 is 40.7 Å². The van der Waals surface area contributed by atoms with Crippen molar-refractivity contribution in [3.63, 3.8) is 0 Å². The number of nitrogens with zero attached hydrogens (tertiary/aromatic N) is 2. The summed E-state index contributed by atoms with van der Waals surface area (Å²) in [6.07, 6.45) is 0.410. The number of aryl methyl sites for hydroxylation is 1. The van der Waals surface area contributed by atoms with Gasteiger partial charge in [0.15, 0.2) is 5.60 Å². The van der Waals surface area contributed by atoms with Crippen molar-refractivity contribution in [3.8, 4) is 11.4 Å². The summed E-state index contributed by atoms with van der Waals surface area (Å²) in [5.41, 5.74) is 1.35. The number of hydrogen-bond donors (Lipinski definition) is 3. The number of aliphatic hydroxyl groups is 1. The third-order valence-electron chi connectivity index (χ3n) is 8.86. The second-order valence-corrected chi connectivity index (χ2v) is 13.0. The molecule has 13 heteroatoms. The minimum absolute atomic E-state index is 0.00603. The highest BCUT2D eigenvalue weighted by molar-refractivity contribution is 5.94. The van der Waals surface area contributed by atoms with Gasteiger partial charge in [0.25, 0.3) is 5.56 Å². The number of amides is 2. The predicted molar refractivity (Wildman–Crippen MR) is 163 cm³/mol. The molecule has 0 radical (unpaired) electrons. The van der Waals surface area contributed by atoms with E-state index in [4.69, 9.17) is 19.2 Å². The summed E-state index contributed by atoms with van der Waals surface area (Å²) in [7, 11) is 0. The Bertz CT molecular complexity index is 1860. The van der Waals surface area contributed by atoms with Gasteiger partial charge in [0, 0.05) is 29.1 Å². The number of pyridine rings is 2. The van der Waals surface area contributed by atoms with Crippen LogP contribution in [-0.4, -0.2) is 58.0 Å². The molecule has 4 heterocycles. The first-order valence-electron chi connectivity index (χ1n) is 15.4. The molecule has 0 spiro atoms. The summed E-state index contributed by atoms with van der Waals surface area (Å²) < 4.78 is 32.5. The Labute approximate surface area is 264 Å². The largest absolute Gasteiger partial charge is 0.458 e. The molecule has 1 aromatic carbocycles. The van der Waals surface area contributed by atoms with Gasteiger partial charge < -0.3 is 34.5 Å². The zero-order chi connectivity index (χ0) is 33.1. The fraction of sp³-hybridized carbons (Fsp3) is 0.485. The molecule has 3 N–H and O–H groups in total. The van der Waals surface area contributed by atoms with Crippen molar-refractivity contribution in [2.24, 2.45) is 0 Å². The number of carbonyl (C=O) groups excluding carboxylic acids is 3. The maximum Gasteiger partial charge on any atom is 0.407 e. The molecule has 1 aliphatic carbocycles. The third-order valence-corrected chi connectivity index (χ3v) is 8.86. The van der Waals surface area contributed by atoms with Crippen LogP contribution in [0.1, 0.15) is 80.0 Å². The average Bonchev–Trinajstić information content (AvgIpc) is 3.36. The van der Waals surface area contributed by atoms with Gasteiger partial charge in [0.2, 0.25) is 5.91 Å². The lowest BCUT2D eigenvalue weighted by Crippen LogP contribution is -2.44. The van der Waals surface area contributed by atoms with Gasteiger partial charge in [-0.05, 0) is 69.7 Å². The van der Waals surface area contributed by atoms with Gasteiger partial charge in [0.05, 0.1) is 41.7 Å². The topological polar surface area (TPSA) is 158 Å². The highest BCUT2D eigenvalue weighted by Gasteiger charge is 2.46. The van der Waals surface area contributed by atoms with Gasteiger partial charge in [-0.15, -0.1) is 0 Å². The molecule has 0 fully saturated rings. The van der Waals surface area contributed by atoms with Crippen LogP contribution in [0.4, 0.5) is 9.18 Å². The van der Waals surface area contributed by atoms with E-state index >= 15 is 4.39 Å². The first-order chi connectivity index (χ1) is 21.7. The monoisotopic (exact) mass is 636 g/mol. The second-order valence-electron chi connectivity index (χ2n) is 13.0. The standard InChI is InChI=1S/C33H37FN4O8/c1-6-33(43)20-11-24-28-18(13-38(24)29(40)19(20)14-45-30(33)41)27-22(8-7-17-16(2)21(34)12-23(37-28)26(17)27)36-25(39)15-44-10-9-35-31(42)46-32(3,4)5/h11-12,22,43H,6-10,13-15H2,1-5H3,(H,35,42)(H,36,39)/t22-,33-/m0/s1. The van der Waals surface area contributed by atoms with Crippen molar-refractivity contribution >= 4 is 28.9 Å². The van der Waals surface area contributed by atoms with Crippen LogP contribution in [-0.2, 0) is 49.0 Å². The highest BCUT2D eigenvalue weighted by atomic mass is 19.1. The van der Waals surface area contributed by atoms with E-state index in [1.165, 1.54) is 10.6 Å². The van der Waals surface area contributed by atoms with E-state index in [9.17, 15) is 24.3 Å². The molecule has 0 bridgehead atoms. The SMILES string of the molecule is CC[C@@]1(O)C(=O)OCc2c1cc1n(c2=O)Cc2c-1nc1cc(F)c(C)c3c1c2[C@@H](NC(=O)COCCNC(=O)OC(C)(C)C)CC3. The molecule has 244 valence electrons. The Morgan fingerprint density at radius 2 is 1.98 bits per heavy atom. The van der Waals surface area contributed by atoms with E-state index in [0.29, 0.717) is 40.9 Å². The summed E-state index contributed by atoms with van der Waals surface area (Å²) in [4.78, 5) is 56.1. The zero-order valence-electron chi connectivity index (χ0n) is 26.5. The molecule has 2 aromatic heterocycles. The number of alkyl carbamates (subject to hydrolysis) is 1. The fourth-order valence-corrected chi connectivity index (χ4v) is 6.64. The van der Waals surface area contributed by atoms with Gasteiger partial charge in [-0.25, -0.2) is 19.0 Å². The third kappa shape index (κ3) is 5.30. The number of carbonyl (C=O) groups is 3. The number of hydrogen-bond acceptors (Lipinski definition) is 9. The first-order valence-corrected chi connectivity index (χ1v) is 15.4. The van der Waals surface area contributed by atoms with E-state index in [2.05, 4.69) is 10.6 Å². The minimum atomic E-state index is -1.98. The summed E-state index contributed by atoms with van der Waals surface area (Å²) in [6, 6.07) is 2.49. The second kappa shape index (κ2) is 11.5. The predicted octanol–water partition coefficient (Wildman–Crippen LogP) is 3.17. The van der Waals surface area contributed by atoms with E-state index in [1.54, 1.807) is 40.7 Å². The van der Waals surface area contributed by atoms with Gasteiger partial charge in [-0.2, -0.15) is 0 Å². The fourth-order valence-electron chi connectivity index (χ4n) is 6.64. The van der Waals surface area contributed by atoms with Crippen LogP contribution in [0.25, 0.3) is 22.3 Å². The van der Waals surface area contributed by atoms with Crippen LogP contribution in [0.15, 0.2) is 16.9 Å². The highest BCUT2D eigenvalue weighted by Crippen LogP contribution is 2.45. The van der Waals surface area contributed by atoms with Gasteiger partial charge in [-0.1, -0.05) is 6.92 Å². The Morgan fingerprint density at radius 1 is 1.22 bits per heavy atom. The molecule has 2 amide bonds. The molecule has 0 unspecified atom stereocenters. The van der Waals surface area contributed by atoms with Crippen molar-refractivity contribution in [1.82, 2.24) is 20.2 Å². The number of rotatable bonds is 7. The van der Waals surface area contributed by atoms with Crippen LogP contribution < -0.4 is 16.2 Å². The van der Waals surface area contributed by atoms with Gasteiger partial charge in [-0.3, -0.25) is 9.59 Å². The van der Waals surface area contributed by atoms with E-state index in [-0.39, 0.29) is 56.4 Å². The molecule has 0 saturated heterocycles. The van der Waals surface area contributed by atoms with Crippen molar-refractivity contribution in [2.45, 2.75) is 84.3 Å². The molecular weight excluding hydrogens is 599 g/mol. The maximum atomic E-state index is 15.1. The summed E-state index contributed by atoms with van der Waals surface area (Å²) >= 11 is 0. The number of ether oxygens (including phenoxy) is 3. The normalized spacial score (nSPS) is 19.6. The van der Waals surface area contributed by atoms with E-state index in [1.807, 2.05) is 0 Å². The summed E-state index contributed by atoms with van der Waals surface area (Å²) in [5, 5.41) is 17.6. The lowest BCUT2D eigenvalue weighted by Gasteiger charge is -2.31. The Hall–Kier alpha value is -4.36. The molecule has 46 heavy (non-hydrogen) atoms. The summed E-state index contributed by atoms with van der Waals surface area (Å²) in [5.74, 6) is -1.60. The zero-order valence-corrected chi connectivity index (χ0v) is 26.5. The van der Waals surface area contributed by atoms with Crippen LogP contribution in [0.3, 0.4) is 0 Å². The maximum absolute atomic E-state index is 15.1. The number of cyclic esters (lactones) is 1. The van der Waals surface area contributed by atoms with E-state index in [0.717, 1.165) is 16.5 Å². The number of benzene rings is 1. The van der Waals surface area contributed by atoms with Gasteiger partial charge in [0.1, 0.15) is 24.6 Å². The molecule has 0 saturated carbocycles. The Kier molecular flexibility index (Phi) is 7.88. The first kappa shape index (κ1) is 31.6. The van der Waals surface area contributed by atoms with Crippen molar-refractivity contribution in [2.75, 3.05) is 19.8 Å². The molecule has 6 rings (SSSR count). The number of aromatic nitrogens is 2. The summed E-state index contributed by atoms with van der Waals surface area (Å²) in [6.45, 7) is 8.50. The van der Waals surface area contributed by atoms with Crippen molar-refractivity contribution < 1.29 is 38.1 Å². The van der Waals surface area contributed by atoms with Crippen molar-refractivity contribution in [1.29, 1.82) is 0 Å². The number of nitrogens with one attached hydrogen (secondary N) is 2. The van der Waals surface area contributed by atoms with Crippen molar-refractivity contribution in [3.05, 3.63) is 61.7 Å². The minimum Gasteiger partial charge on any atom is -0.458 e. The number of halogens is 1. The van der Waals surface area contributed by atoms with Crippen LogP contribution >= 0.6 is 0 Å². The quantitative estimate of drug-likeness (QED) is 0.205. The molecule has 2 aliphatic heterocycles. The number of esters is 1. The molecule has 12 nitrogen and oxygen atoms in total. The van der Waals surface area contributed by atoms with Gasteiger partial charge >= 0.3 is 12.1 Å². The van der Waals surface area contributed by atoms with Crippen LogP contribution in [0, 0.1) is 12.7 Å². The Morgan fingerprint density at radius 3 is 2.70 bits per heavy atom. The lowest BCUT2D eigenvalue weighted by molar-refractivity contribution is -0.172. The molecule has 2 atom stereocenters. The van der Waals surface area contributed by atoms with Crippen LogP contribution in [0.2, 0.25) is 0 Å². The lowest BCUT2D eigenvalue weighted by atomic mass is 9.81. The smallest absolute Gasteiger partial charge is 0.407 e. The Balaban J connectivity index is 1.32. The molecule has 3 aliphatic rings. The number of fused-ring (bicyclic) bond motifs is 5. The molecule has 3 aromatic rings. The molecular formula is C33H37FN4O8. The average molecular weight is 637 g/mol. The van der Waals surface area contributed by atoms with Crippen LogP contribution in [0.5, 0.6) is 0 Å².